The standard InChI is InChI=1S/C19H20O6/c1-18(2)24-17-13-5-4-12(20)8-16(13)23-10-19(17,25-18)9-11-3-6-14(21)15(22)7-11/h3-8,17,20-22H,9-10H2,1-2H3. The van der Waals surface area contributed by atoms with E-state index in [0.717, 1.165) is 11.1 Å². The van der Waals surface area contributed by atoms with Gasteiger partial charge in [-0.25, -0.2) is 0 Å². The second-order valence-corrected chi connectivity index (χ2v) is 7.08. The zero-order valence-electron chi connectivity index (χ0n) is 14.0. The molecule has 4 rings (SSSR count). The zero-order chi connectivity index (χ0) is 17.8. The molecule has 2 unspecified atom stereocenters. The number of aromatic hydroxyl groups is 3. The normalized spacial score (nSPS) is 26.6. The summed E-state index contributed by atoms with van der Waals surface area (Å²) >= 11 is 0. The smallest absolute Gasteiger partial charge is 0.164 e. The molecule has 2 aliphatic heterocycles. The molecule has 0 aliphatic carbocycles. The molecule has 0 bridgehead atoms. The summed E-state index contributed by atoms with van der Waals surface area (Å²) in [6, 6.07) is 9.65. The maximum Gasteiger partial charge on any atom is 0.164 e. The number of hydrogen-bond donors (Lipinski definition) is 3. The van der Waals surface area contributed by atoms with E-state index in [4.69, 9.17) is 14.2 Å². The summed E-state index contributed by atoms with van der Waals surface area (Å²) in [5.74, 6) is -0.427. The lowest BCUT2D eigenvalue weighted by atomic mass is 9.84. The fourth-order valence-corrected chi connectivity index (χ4v) is 3.68. The van der Waals surface area contributed by atoms with Gasteiger partial charge in [0, 0.05) is 18.1 Å². The van der Waals surface area contributed by atoms with Gasteiger partial charge in [0.1, 0.15) is 29.8 Å². The van der Waals surface area contributed by atoms with Crippen LogP contribution >= 0.6 is 0 Å². The summed E-state index contributed by atoms with van der Waals surface area (Å²) in [6.45, 7) is 3.95. The van der Waals surface area contributed by atoms with E-state index in [1.54, 1.807) is 24.3 Å². The Labute approximate surface area is 145 Å². The Balaban J connectivity index is 1.75. The molecule has 0 radical (unpaired) electrons. The van der Waals surface area contributed by atoms with Crippen molar-refractivity contribution in [1.82, 2.24) is 0 Å². The van der Waals surface area contributed by atoms with Crippen molar-refractivity contribution in [2.75, 3.05) is 6.61 Å². The van der Waals surface area contributed by atoms with Crippen molar-refractivity contribution in [3.63, 3.8) is 0 Å². The average Bonchev–Trinajstić information content (AvgIpc) is 2.81. The van der Waals surface area contributed by atoms with Crippen molar-refractivity contribution in [3.05, 3.63) is 47.5 Å². The van der Waals surface area contributed by atoms with Crippen LogP contribution in [-0.2, 0) is 15.9 Å². The molecule has 132 valence electrons. The third-order valence-electron chi connectivity index (χ3n) is 4.62. The van der Waals surface area contributed by atoms with Gasteiger partial charge in [0.2, 0.25) is 0 Å². The minimum atomic E-state index is -0.799. The monoisotopic (exact) mass is 344 g/mol. The lowest BCUT2D eigenvalue weighted by molar-refractivity contribution is -0.167. The number of benzene rings is 2. The second-order valence-electron chi connectivity index (χ2n) is 7.08. The van der Waals surface area contributed by atoms with E-state index < -0.39 is 11.4 Å². The molecule has 0 saturated carbocycles. The predicted octanol–water partition coefficient (Wildman–Crippen LogP) is 3.00. The first-order valence-electron chi connectivity index (χ1n) is 8.13. The number of ether oxygens (including phenoxy) is 3. The molecular formula is C19H20O6. The topological polar surface area (TPSA) is 88.4 Å². The van der Waals surface area contributed by atoms with Gasteiger partial charge in [-0.05, 0) is 43.7 Å². The number of hydrogen-bond acceptors (Lipinski definition) is 6. The van der Waals surface area contributed by atoms with Gasteiger partial charge >= 0.3 is 0 Å². The largest absolute Gasteiger partial charge is 0.508 e. The van der Waals surface area contributed by atoms with Crippen LogP contribution in [-0.4, -0.2) is 33.3 Å². The van der Waals surface area contributed by atoms with Crippen LogP contribution in [0.25, 0.3) is 0 Å². The highest BCUT2D eigenvalue weighted by Crippen LogP contribution is 2.53. The van der Waals surface area contributed by atoms with E-state index in [-0.39, 0.29) is 30.0 Å². The van der Waals surface area contributed by atoms with Crippen molar-refractivity contribution in [1.29, 1.82) is 0 Å². The molecule has 6 heteroatoms. The Morgan fingerprint density at radius 2 is 1.84 bits per heavy atom. The fraction of sp³-hybridized carbons (Fsp3) is 0.368. The molecule has 1 saturated heterocycles. The van der Waals surface area contributed by atoms with Crippen molar-refractivity contribution in [2.45, 2.75) is 37.8 Å². The van der Waals surface area contributed by atoms with Gasteiger partial charge in [-0.15, -0.1) is 0 Å². The summed E-state index contributed by atoms with van der Waals surface area (Å²) in [5, 5.41) is 29.0. The lowest BCUT2D eigenvalue weighted by Gasteiger charge is -2.37. The summed E-state index contributed by atoms with van der Waals surface area (Å²) in [7, 11) is 0. The number of phenolic OH excluding ortho intramolecular Hbond substituents is 3. The van der Waals surface area contributed by atoms with Gasteiger partial charge < -0.3 is 29.5 Å². The van der Waals surface area contributed by atoms with Crippen LogP contribution in [0.1, 0.15) is 31.1 Å². The predicted molar refractivity (Wildman–Crippen MR) is 88.8 cm³/mol. The Kier molecular flexibility index (Phi) is 3.39. The molecule has 2 aromatic carbocycles. The first-order valence-corrected chi connectivity index (χ1v) is 8.13. The van der Waals surface area contributed by atoms with E-state index in [2.05, 4.69) is 0 Å². The molecule has 2 aromatic rings. The Morgan fingerprint density at radius 3 is 2.60 bits per heavy atom. The van der Waals surface area contributed by atoms with E-state index in [9.17, 15) is 15.3 Å². The van der Waals surface area contributed by atoms with Gasteiger partial charge in [0.15, 0.2) is 17.3 Å². The maximum absolute atomic E-state index is 9.78. The highest BCUT2D eigenvalue weighted by Gasteiger charge is 2.57. The number of phenols is 3. The molecule has 6 nitrogen and oxygen atoms in total. The zero-order valence-corrected chi connectivity index (χ0v) is 14.0. The minimum absolute atomic E-state index is 0.132. The average molecular weight is 344 g/mol. The molecule has 0 aromatic heterocycles. The van der Waals surface area contributed by atoms with Crippen LogP contribution in [0.15, 0.2) is 36.4 Å². The minimum Gasteiger partial charge on any atom is -0.508 e. The van der Waals surface area contributed by atoms with Crippen LogP contribution in [0, 0.1) is 0 Å². The van der Waals surface area contributed by atoms with Crippen molar-refractivity contribution >= 4 is 0 Å². The molecule has 0 spiro atoms. The van der Waals surface area contributed by atoms with E-state index >= 15 is 0 Å². The van der Waals surface area contributed by atoms with E-state index in [0.29, 0.717) is 12.2 Å². The summed E-state index contributed by atoms with van der Waals surface area (Å²) in [4.78, 5) is 0. The van der Waals surface area contributed by atoms with Gasteiger partial charge in [0.25, 0.3) is 0 Å². The molecule has 0 amide bonds. The SMILES string of the molecule is CC1(C)OC2c3ccc(O)cc3OCC2(Cc2ccc(O)c(O)c2)O1. The van der Waals surface area contributed by atoms with Crippen molar-refractivity contribution in [2.24, 2.45) is 0 Å². The van der Waals surface area contributed by atoms with Crippen molar-refractivity contribution in [3.8, 4) is 23.0 Å². The van der Waals surface area contributed by atoms with Crippen LogP contribution < -0.4 is 4.74 Å². The Morgan fingerprint density at radius 1 is 1.04 bits per heavy atom. The highest BCUT2D eigenvalue weighted by molar-refractivity contribution is 5.46. The molecule has 25 heavy (non-hydrogen) atoms. The third-order valence-corrected chi connectivity index (χ3v) is 4.62. The van der Waals surface area contributed by atoms with Crippen LogP contribution in [0.2, 0.25) is 0 Å². The lowest BCUT2D eigenvalue weighted by Crippen LogP contribution is -2.46. The summed E-state index contributed by atoms with van der Waals surface area (Å²) in [5.41, 5.74) is 0.849. The molecule has 3 N–H and O–H groups in total. The van der Waals surface area contributed by atoms with Gasteiger partial charge in [-0.2, -0.15) is 0 Å². The van der Waals surface area contributed by atoms with Gasteiger partial charge in [0.05, 0.1) is 0 Å². The summed E-state index contributed by atoms with van der Waals surface area (Å²) < 4.78 is 18.3. The maximum atomic E-state index is 9.78. The van der Waals surface area contributed by atoms with E-state index in [1.807, 2.05) is 13.8 Å². The molecule has 1 fully saturated rings. The molecule has 2 aliphatic rings. The first kappa shape index (κ1) is 16.1. The third kappa shape index (κ3) is 2.67. The van der Waals surface area contributed by atoms with Crippen molar-refractivity contribution < 1.29 is 29.5 Å². The van der Waals surface area contributed by atoms with Gasteiger partial charge in [-0.3, -0.25) is 0 Å². The van der Waals surface area contributed by atoms with Crippen LogP contribution in [0.3, 0.4) is 0 Å². The number of fused-ring (bicyclic) bond motifs is 3. The fourth-order valence-electron chi connectivity index (χ4n) is 3.68. The Bertz CT molecular complexity index is 831. The van der Waals surface area contributed by atoms with Crippen LogP contribution in [0.4, 0.5) is 0 Å². The molecule has 2 atom stereocenters. The second kappa shape index (κ2) is 5.28. The Hall–Kier alpha value is -2.44. The quantitative estimate of drug-likeness (QED) is 0.726. The molecular weight excluding hydrogens is 324 g/mol. The van der Waals surface area contributed by atoms with E-state index in [1.165, 1.54) is 12.1 Å². The summed E-state index contributed by atoms with van der Waals surface area (Å²) in [6.07, 6.45) is 0.0673. The molecule has 2 heterocycles. The van der Waals surface area contributed by atoms with Crippen LogP contribution in [0.5, 0.6) is 23.0 Å². The van der Waals surface area contributed by atoms with Gasteiger partial charge in [-0.1, -0.05) is 6.07 Å². The first-order chi connectivity index (χ1) is 11.8. The highest BCUT2D eigenvalue weighted by atomic mass is 16.8. The number of rotatable bonds is 2.